The van der Waals surface area contributed by atoms with Crippen molar-refractivity contribution >= 4 is 28.9 Å². The Morgan fingerprint density at radius 1 is 1.16 bits per heavy atom. The van der Waals surface area contributed by atoms with Crippen LogP contribution >= 0.6 is 11.6 Å². The molecule has 0 fully saturated rings. The van der Waals surface area contributed by atoms with Crippen LogP contribution in [0.2, 0.25) is 5.02 Å². The van der Waals surface area contributed by atoms with Gasteiger partial charge in [0.15, 0.2) is 0 Å². The number of halogens is 1. The Hall–Kier alpha value is -2.39. The summed E-state index contributed by atoms with van der Waals surface area (Å²) in [7, 11) is 0. The smallest absolute Gasteiger partial charge is 0.273 e. The highest BCUT2D eigenvalue weighted by Crippen LogP contribution is 2.21. The predicted molar refractivity (Wildman–Crippen MR) is 107 cm³/mol. The molecule has 0 unspecified atom stereocenters. The van der Waals surface area contributed by atoms with Gasteiger partial charge in [-0.15, -0.1) is 0 Å². The molecular formula is C21H23ClN2O. The fraction of sp³-hybridized carbons (Fsp3) is 0.238. The van der Waals surface area contributed by atoms with Crippen molar-refractivity contribution in [2.75, 3.05) is 5.32 Å². The van der Waals surface area contributed by atoms with Crippen molar-refractivity contribution in [2.45, 2.75) is 33.6 Å². The Kier molecular flexibility index (Phi) is 6.54. The summed E-state index contributed by atoms with van der Waals surface area (Å²) in [5.41, 5.74) is 3.98. The Labute approximate surface area is 154 Å². The van der Waals surface area contributed by atoms with Crippen LogP contribution in [0.25, 0.3) is 0 Å². The van der Waals surface area contributed by atoms with E-state index in [9.17, 15) is 4.79 Å². The van der Waals surface area contributed by atoms with Gasteiger partial charge in [-0.2, -0.15) is 0 Å². The van der Waals surface area contributed by atoms with Gasteiger partial charge in [0, 0.05) is 5.71 Å². The number of amides is 1. The number of rotatable bonds is 5. The maximum atomic E-state index is 12.5. The minimum Gasteiger partial charge on any atom is -0.319 e. The molecular weight excluding hydrogens is 332 g/mol. The molecule has 0 heterocycles. The SMILES string of the molecule is C/C=C(\N=C(C)c1cccc(C(C)C)c1)C(=O)Nc1ccccc1Cl. The van der Waals surface area contributed by atoms with E-state index >= 15 is 0 Å². The van der Waals surface area contributed by atoms with Crippen molar-refractivity contribution in [2.24, 2.45) is 4.99 Å². The van der Waals surface area contributed by atoms with Crippen molar-refractivity contribution < 1.29 is 4.79 Å². The molecule has 3 nitrogen and oxygen atoms in total. The lowest BCUT2D eigenvalue weighted by atomic mass is 9.99. The van der Waals surface area contributed by atoms with Crippen LogP contribution < -0.4 is 5.32 Å². The van der Waals surface area contributed by atoms with Crippen LogP contribution in [0, 0.1) is 0 Å². The summed E-state index contributed by atoms with van der Waals surface area (Å²) in [6.45, 7) is 8.01. The number of para-hydroxylation sites is 1. The van der Waals surface area contributed by atoms with E-state index in [1.54, 1.807) is 25.1 Å². The fourth-order valence-electron chi connectivity index (χ4n) is 2.36. The van der Waals surface area contributed by atoms with Gasteiger partial charge in [0.25, 0.3) is 5.91 Å². The number of nitrogens with one attached hydrogen (secondary N) is 1. The average molecular weight is 355 g/mol. The lowest BCUT2D eigenvalue weighted by Gasteiger charge is -2.10. The first-order valence-electron chi connectivity index (χ1n) is 8.30. The summed E-state index contributed by atoms with van der Waals surface area (Å²) < 4.78 is 0. The van der Waals surface area contributed by atoms with Crippen molar-refractivity contribution in [1.82, 2.24) is 0 Å². The average Bonchev–Trinajstić information content (AvgIpc) is 2.61. The standard InChI is InChI=1S/C21H23ClN2O/c1-5-19(21(25)24-20-12-7-6-11-18(20)22)23-15(4)17-10-8-9-16(13-17)14(2)3/h5-14H,1-4H3,(H,24,25)/b19-5-,23-15?. The van der Waals surface area contributed by atoms with E-state index < -0.39 is 0 Å². The van der Waals surface area contributed by atoms with Crippen molar-refractivity contribution in [3.63, 3.8) is 0 Å². The number of hydrogen-bond acceptors (Lipinski definition) is 2. The largest absolute Gasteiger partial charge is 0.319 e. The molecule has 0 spiro atoms. The van der Waals surface area contributed by atoms with Gasteiger partial charge in [-0.3, -0.25) is 4.79 Å². The molecule has 1 N–H and O–H groups in total. The zero-order chi connectivity index (χ0) is 18.4. The molecule has 0 aliphatic rings. The number of allylic oxidation sites excluding steroid dienone is 1. The van der Waals surface area contributed by atoms with E-state index in [1.807, 2.05) is 31.2 Å². The van der Waals surface area contributed by atoms with Crippen molar-refractivity contribution in [1.29, 1.82) is 0 Å². The van der Waals surface area contributed by atoms with Gasteiger partial charge in [-0.05, 0) is 49.1 Å². The van der Waals surface area contributed by atoms with Crippen molar-refractivity contribution in [3.05, 3.63) is 76.5 Å². The number of anilines is 1. The van der Waals surface area contributed by atoms with E-state index in [0.717, 1.165) is 11.3 Å². The molecule has 0 saturated carbocycles. The van der Waals surface area contributed by atoms with E-state index in [0.29, 0.717) is 22.3 Å². The molecule has 2 aromatic carbocycles. The third kappa shape index (κ3) is 5.04. The van der Waals surface area contributed by atoms with Gasteiger partial charge in [0.1, 0.15) is 5.70 Å². The molecule has 0 aliphatic carbocycles. The minimum atomic E-state index is -0.282. The highest BCUT2D eigenvalue weighted by Gasteiger charge is 2.11. The van der Waals surface area contributed by atoms with Gasteiger partial charge >= 0.3 is 0 Å². The maximum Gasteiger partial charge on any atom is 0.273 e. The van der Waals surface area contributed by atoms with Crippen LogP contribution in [0.1, 0.15) is 44.7 Å². The summed E-state index contributed by atoms with van der Waals surface area (Å²) in [6.07, 6.45) is 1.70. The summed E-state index contributed by atoms with van der Waals surface area (Å²) in [6, 6.07) is 15.4. The fourth-order valence-corrected chi connectivity index (χ4v) is 2.55. The molecule has 2 rings (SSSR count). The Balaban J connectivity index is 2.23. The molecule has 0 bridgehead atoms. The lowest BCUT2D eigenvalue weighted by Crippen LogP contribution is -2.14. The molecule has 0 radical (unpaired) electrons. The zero-order valence-electron chi connectivity index (χ0n) is 15.0. The molecule has 130 valence electrons. The highest BCUT2D eigenvalue weighted by molar-refractivity contribution is 6.33. The van der Waals surface area contributed by atoms with Crippen LogP contribution in [-0.2, 0) is 4.79 Å². The molecule has 0 aliphatic heterocycles. The van der Waals surface area contributed by atoms with E-state index in [2.05, 4.69) is 36.3 Å². The van der Waals surface area contributed by atoms with Gasteiger partial charge < -0.3 is 5.32 Å². The number of carbonyl (C=O) groups is 1. The third-order valence-corrected chi connectivity index (χ3v) is 4.22. The molecule has 1 amide bonds. The quantitative estimate of drug-likeness (QED) is 0.533. The highest BCUT2D eigenvalue weighted by atomic mass is 35.5. The lowest BCUT2D eigenvalue weighted by molar-refractivity contribution is -0.112. The first-order valence-corrected chi connectivity index (χ1v) is 8.68. The van der Waals surface area contributed by atoms with Crippen LogP contribution in [-0.4, -0.2) is 11.6 Å². The normalized spacial score (nSPS) is 12.4. The topological polar surface area (TPSA) is 41.5 Å². The molecule has 25 heavy (non-hydrogen) atoms. The van der Waals surface area contributed by atoms with E-state index in [1.165, 1.54) is 5.56 Å². The molecule has 0 atom stereocenters. The number of hydrogen-bond donors (Lipinski definition) is 1. The van der Waals surface area contributed by atoms with Crippen molar-refractivity contribution in [3.8, 4) is 0 Å². The Morgan fingerprint density at radius 2 is 1.88 bits per heavy atom. The molecule has 2 aromatic rings. The minimum absolute atomic E-state index is 0.282. The zero-order valence-corrected chi connectivity index (χ0v) is 15.8. The summed E-state index contributed by atoms with van der Waals surface area (Å²) >= 11 is 6.09. The summed E-state index contributed by atoms with van der Waals surface area (Å²) in [4.78, 5) is 17.0. The van der Waals surface area contributed by atoms with Crippen LogP contribution in [0.3, 0.4) is 0 Å². The Bertz CT molecular complexity index is 822. The van der Waals surface area contributed by atoms with E-state index in [4.69, 9.17) is 11.6 Å². The maximum absolute atomic E-state index is 12.5. The summed E-state index contributed by atoms with van der Waals surface area (Å²) in [5, 5.41) is 3.30. The second-order valence-electron chi connectivity index (χ2n) is 6.09. The predicted octanol–water partition coefficient (Wildman–Crippen LogP) is 5.81. The number of aliphatic imine (C=N–C) groups is 1. The number of carbonyl (C=O) groups excluding carboxylic acids is 1. The monoisotopic (exact) mass is 354 g/mol. The molecule has 4 heteroatoms. The second-order valence-corrected chi connectivity index (χ2v) is 6.49. The number of nitrogens with zero attached hydrogens (tertiary/aromatic N) is 1. The molecule has 0 aromatic heterocycles. The van der Waals surface area contributed by atoms with Gasteiger partial charge in [-0.25, -0.2) is 4.99 Å². The van der Waals surface area contributed by atoms with Crippen LogP contribution in [0.4, 0.5) is 5.69 Å². The Morgan fingerprint density at radius 3 is 2.52 bits per heavy atom. The first kappa shape index (κ1) is 18.9. The second kappa shape index (κ2) is 8.63. The molecule has 0 saturated heterocycles. The third-order valence-electron chi connectivity index (χ3n) is 3.89. The van der Waals surface area contributed by atoms with Gasteiger partial charge in [0.2, 0.25) is 0 Å². The summed E-state index contributed by atoms with van der Waals surface area (Å²) in [5.74, 6) is 0.160. The number of benzene rings is 2. The van der Waals surface area contributed by atoms with Gasteiger partial charge in [-0.1, -0.05) is 61.9 Å². The van der Waals surface area contributed by atoms with Crippen LogP contribution in [0.5, 0.6) is 0 Å². The van der Waals surface area contributed by atoms with Gasteiger partial charge in [0.05, 0.1) is 10.7 Å². The van der Waals surface area contributed by atoms with E-state index in [-0.39, 0.29) is 5.91 Å². The van der Waals surface area contributed by atoms with Crippen LogP contribution in [0.15, 0.2) is 65.3 Å². The first-order chi connectivity index (χ1) is 11.9.